The summed E-state index contributed by atoms with van der Waals surface area (Å²) in [5.74, 6) is 0. The Labute approximate surface area is 132 Å². The summed E-state index contributed by atoms with van der Waals surface area (Å²) in [6.45, 7) is 5.83. The van der Waals surface area contributed by atoms with Crippen molar-refractivity contribution in [1.29, 1.82) is 0 Å². The predicted molar refractivity (Wildman–Crippen MR) is 87.3 cm³/mol. The van der Waals surface area contributed by atoms with Crippen LogP contribution >= 0.6 is 15.9 Å². The molecule has 0 spiro atoms. The number of aromatic nitrogens is 3. The lowest BCUT2D eigenvalue weighted by molar-refractivity contribution is 0.282. The SMILES string of the molecule is CCn1nc(C)c(Br)c1Cn1ccc2cc(CO)ccc21. The lowest BCUT2D eigenvalue weighted by atomic mass is 10.2. The van der Waals surface area contributed by atoms with E-state index in [1.807, 2.05) is 23.7 Å². The second-order valence-corrected chi connectivity index (χ2v) is 5.95. The number of aliphatic hydroxyl groups is 1. The summed E-state index contributed by atoms with van der Waals surface area (Å²) in [6.07, 6.45) is 2.08. The van der Waals surface area contributed by atoms with Crippen molar-refractivity contribution in [3.63, 3.8) is 0 Å². The van der Waals surface area contributed by atoms with Gasteiger partial charge in [0.25, 0.3) is 0 Å². The van der Waals surface area contributed by atoms with Gasteiger partial charge in [-0.05, 0) is 58.9 Å². The van der Waals surface area contributed by atoms with Crippen LogP contribution < -0.4 is 0 Å². The van der Waals surface area contributed by atoms with Crippen LogP contribution in [0.2, 0.25) is 0 Å². The average molecular weight is 348 g/mol. The van der Waals surface area contributed by atoms with Gasteiger partial charge >= 0.3 is 0 Å². The van der Waals surface area contributed by atoms with Crippen LogP contribution in [0.15, 0.2) is 34.9 Å². The molecule has 3 aromatic rings. The molecule has 0 bridgehead atoms. The zero-order chi connectivity index (χ0) is 15.0. The lowest BCUT2D eigenvalue weighted by Crippen LogP contribution is -2.07. The molecule has 3 rings (SSSR count). The molecule has 0 amide bonds. The van der Waals surface area contributed by atoms with E-state index in [1.54, 1.807) is 0 Å². The molecule has 0 fully saturated rings. The molecule has 0 saturated heterocycles. The van der Waals surface area contributed by atoms with E-state index in [2.05, 4.69) is 50.8 Å². The zero-order valence-corrected chi connectivity index (χ0v) is 13.8. The Balaban J connectivity index is 2.02. The maximum absolute atomic E-state index is 9.22. The first-order valence-electron chi connectivity index (χ1n) is 7.04. The Kier molecular flexibility index (Phi) is 3.87. The summed E-state index contributed by atoms with van der Waals surface area (Å²) in [6, 6.07) is 8.15. The monoisotopic (exact) mass is 347 g/mol. The van der Waals surface area contributed by atoms with E-state index in [1.165, 1.54) is 11.2 Å². The molecule has 0 saturated carbocycles. The molecule has 4 nitrogen and oxygen atoms in total. The lowest BCUT2D eigenvalue weighted by Gasteiger charge is -2.09. The second kappa shape index (κ2) is 5.66. The number of hydrogen-bond donors (Lipinski definition) is 1. The molecule has 0 aliphatic carbocycles. The summed E-state index contributed by atoms with van der Waals surface area (Å²) in [7, 11) is 0. The van der Waals surface area contributed by atoms with Crippen LogP contribution in [0.3, 0.4) is 0 Å². The predicted octanol–water partition coefficient (Wildman–Crippen LogP) is 3.47. The summed E-state index contributed by atoms with van der Waals surface area (Å²) >= 11 is 3.64. The number of aliphatic hydroxyl groups excluding tert-OH is 1. The van der Waals surface area contributed by atoms with Crippen molar-refractivity contribution < 1.29 is 5.11 Å². The molecule has 0 aliphatic heterocycles. The molecule has 0 aliphatic rings. The van der Waals surface area contributed by atoms with Crippen LogP contribution in [0.1, 0.15) is 23.9 Å². The number of nitrogens with zero attached hydrogens (tertiary/aromatic N) is 3. The van der Waals surface area contributed by atoms with Gasteiger partial charge in [-0.1, -0.05) is 6.07 Å². The van der Waals surface area contributed by atoms with Gasteiger partial charge in [-0.15, -0.1) is 0 Å². The molecule has 2 aromatic heterocycles. The molecule has 0 atom stereocenters. The van der Waals surface area contributed by atoms with Gasteiger partial charge in [-0.25, -0.2) is 0 Å². The van der Waals surface area contributed by atoms with Crippen LogP contribution in [0, 0.1) is 6.92 Å². The Morgan fingerprint density at radius 2 is 2.10 bits per heavy atom. The Morgan fingerprint density at radius 3 is 2.81 bits per heavy atom. The van der Waals surface area contributed by atoms with Crippen LogP contribution in [0.5, 0.6) is 0 Å². The van der Waals surface area contributed by atoms with Crippen molar-refractivity contribution in [2.24, 2.45) is 0 Å². The molecule has 0 radical (unpaired) electrons. The first-order valence-corrected chi connectivity index (χ1v) is 7.83. The normalized spacial score (nSPS) is 11.4. The van der Waals surface area contributed by atoms with Crippen molar-refractivity contribution in [2.75, 3.05) is 0 Å². The molecule has 1 aromatic carbocycles. The van der Waals surface area contributed by atoms with E-state index < -0.39 is 0 Å². The molecule has 2 heterocycles. The first-order chi connectivity index (χ1) is 10.1. The summed E-state index contributed by atoms with van der Waals surface area (Å²) in [5, 5.41) is 14.9. The zero-order valence-electron chi connectivity index (χ0n) is 12.2. The summed E-state index contributed by atoms with van der Waals surface area (Å²) in [4.78, 5) is 0. The number of aryl methyl sites for hydroxylation is 2. The van der Waals surface area contributed by atoms with Gasteiger partial charge in [-0.3, -0.25) is 4.68 Å². The van der Waals surface area contributed by atoms with Gasteiger partial charge in [0, 0.05) is 18.3 Å². The number of benzene rings is 1. The van der Waals surface area contributed by atoms with Gasteiger partial charge in [0.15, 0.2) is 0 Å². The third-order valence-corrected chi connectivity index (χ3v) is 4.82. The Morgan fingerprint density at radius 1 is 1.29 bits per heavy atom. The highest BCUT2D eigenvalue weighted by Gasteiger charge is 2.13. The number of fused-ring (bicyclic) bond motifs is 1. The average Bonchev–Trinajstić information content (AvgIpc) is 3.02. The minimum Gasteiger partial charge on any atom is -0.392 e. The fraction of sp³-hybridized carbons (Fsp3) is 0.312. The highest BCUT2D eigenvalue weighted by atomic mass is 79.9. The maximum atomic E-state index is 9.22. The van der Waals surface area contributed by atoms with Crippen molar-refractivity contribution >= 4 is 26.8 Å². The van der Waals surface area contributed by atoms with Crippen LogP contribution in [-0.4, -0.2) is 19.5 Å². The molecule has 21 heavy (non-hydrogen) atoms. The highest BCUT2D eigenvalue weighted by molar-refractivity contribution is 9.10. The Hall–Kier alpha value is -1.59. The van der Waals surface area contributed by atoms with Crippen molar-refractivity contribution in [3.05, 3.63) is 51.9 Å². The minimum atomic E-state index is 0.0778. The summed E-state index contributed by atoms with van der Waals surface area (Å²) < 4.78 is 5.33. The molecule has 0 unspecified atom stereocenters. The van der Waals surface area contributed by atoms with E-state index in [-0.39, 0.29) is 6.61 Å². The van der Waals surface area contributed by atoms with E-state index in [4.69, 9.17) is 0 Å². The van der Waals surface area contributed by atoms with Gasteiger partial charge < -0.3 is 9.67 Å². The molecular formula is C16H18BrN3O. The van der Waals surface area contributed by atoms with Gasteiger partial charge in [-0.2, -0.15) is 5.10 Å². The van der Waals surface area contributed by atoms with Crippen molar-refractivity contribution in [3.8, 4) is 0 Å². The number of rotatable bonds is 4. The van der Waals surface area contributed by atoms with E-state index in [0.717, 1.165) is 34.2 Å². The van der Waals surface area contributed by atoms with Crippen molar-refractivity contribution in [1.82, 2.24) is 14.3 Å². The maximum Gasteiger partial charge on any atom is 0.0739 e. The van der Waals surface area contributed by atoms with Gasteiger partial charge in [0.2, 0.25) is 0 Å². The van der Waals surface area contributed by atoms with Crippen LogP contribution in [0.4, 0.5) is 0 Å². The molecular weight excluding hydrogens is 330 g/mol. The third kappa shape index (κ3) is 2.51. The third-order valence-electron chi connectivity index (χ3n) is 3.79. The van der Waals surface area contributed by atoms with E-state index >= 15 is 0 Å². The standard InChI is InChI=1S/C16H18BrN3O/c1-3-20-15(16(17)11(2)18-20)9-19-7-6-13-8-12(10-21)4-5-14(13)19/h4-8,21H,3,9-10H2,1-2H3. The van der Waals surface area contributed by atoms with E-state index in [9.17, 15) is 5.11 Å². The molecule has 1 N–H and O–H groups in total. The van der Waals surface area contributed by atoms with Crippen LogP contribution in [-0.2, 0) is 19.7 Å². The minimum absolute atomic E-state index is 0.0778. The fourth-order valence-corrected chi connectivity index (χ4v) is 3.08. The Bertz CT molecular complexity index is 788. The number of halogens is 1. The number of hydrogen-bond acceptors (Lipinski definition) is 2. The first kappa shape index (κ1) is 14.4. The topological polar surface area (TPSA) is 43.0 Å². The second-order valence-electron chi connectivity index (χ2n) is 5.16. The van der Waals surface area contributed by atoms with Crippen molar-refractivity contribution in [2.45, 2.75) is 33.5 Å². The van der Waals surface area contributed by atoms with Crippen LogP contribution in [0.25, 0.3) is 10.9 Å². The summed E-state index contributed by atoms with van der Waals surface area (Å²) in [5.41, 5.74) is 4.31. The fourth-order valence-electron chi connectivity index (χ4n) is 2.67. The quantitative estimate of drug-likeness (QED) is 0.785. The van der Waals surface area contributed by atoms with Gasteiger partial charge in [0.05, 0.1) is 29.0 Å². The van der Waals surface area contributed by atoms with E-state index in [0.29, 0.717) is 0 Å². The van der Waals surface area contributed by atoms with Gasteiger partial charge in [0.1, 0.15) is 0 Å². The molecule has 5 heteroatoms. The molecule has 110 valence electrons. The largest absolute Gasteiger partial charge is 0.392 e. The highest BCUT2D eigenvalue weighted by Crippen LogP contribution is 2.24. The smallest absolute Gasteiger partial charge is 0.0739 e.